The lowest BCUT2D eigenvalue weighted by molar-refractivity contribution is -0.0494. The predicted octanol–water partition coefficient (Wildman–Crippen LogP) is 2.35. The average molecular weight is 555 g/mol. The molecule has 7 nitrogen and oxygen atoms in total. The number of alkyl halides is 3. The SMILES string of the molecule is CCNC(=NCCN1CCCCC1C)NC1CCN(S(=O)(=O)C(F)(F)F)CC1.I. The summed E-state index contributed by atoms with van der Waals surface area (Å²) >= 11 is 0. The maximum absolute atomic E-state index is 12.7. The van der Waals surface area contributed by atoms with Crippen molar-refractivity contribution in [1.29, 1.82) is 0 Å². The van der Waals surface area contributed by atoms with Crippen LogP contribution in [0.5, 0.6) is 0 Å². The van der Waals surface area contributed by atoms with Gasteiger partial charge in [0.1, 0.15) is 0 Å². The van der Waals surface area contributed by atoms with Crippen molar-refractivity contribution in [1.82, 2.24) is 19.8 Å². The van der Waals surface area contributed by atoms with Crippen LogP contribution < -0.4 is 10.6 Å². The molecule has 0 spiro atoms. The molecule has 2 saturated heterocycles. The first-order chi connectivity index (χ1) is 13.1. The molecule has 2 aliphatic rings. The normalized spacial score (nSPS) is 23.5. The van der Waals surface area contributed by atoms with E-state index in [1.54, 1.807) is 0 Å². The number of piperidine rings is 2. The summed E-state index contributed by atoms with van der Waals surface area (Å²) in [4.78, 5) is 7.01. The predicted molar refractivity (Wildman–Crippen MR) is 119 cm³/mol. The molecule has 2 rings (SSSR count). The van der Waals surface area contributed by atoms with E-state index in [4.69, 9.17) is 0 Å². The largest absolute Gasteiger partial charge is 0.511 e. The maximum Gasteiger partial charge on any atom is 0.511 e. The Morgan fingerprint density at radius 1 is 1.14 bits per heavy atom. The average Bonchev–Trinajstić information content (AvgIpc) is 2.63. The Bertz CT molecular complexity index is 625. The van der Waals surface area contributed by atoms with Gasteiger partial charge in [-0.2, -0.15) is 17.5 Å². The van der Waals surface area contributed by atoms with Gasteiger partial charge in [-0.3, -0.25) is 9.89 Å². The number of nitrogens with one attached hydrogen (secondary N) is 2. The number of hydrogen-bond donors (Lipinski definition) is 2. The standard InChI is InChI=1S/C17H32F3N5O2S.HI/c1-3-21-16(22-9-13-24-10-5-4-6-14(24)2)23-15-7-11-25(12-8-15)28(26,27)17(18,19)20;/h14-15H,3-13H2,1-2H3,(H2,21,22,23);1H. The molecule has 2 fully saturated rings. The zero-order chi connectivity index (χ0) is 20.8. The molecule has 0 aliphatic carbocycles. The molecule has 0 aromatic heterocycles. The van der Waals surface area contributed by atoms with Crippen LogP contribution in [0.15, 0.2) is 4.99 Å². The highest BCUT2D eigenvalue weighted by Gasteiger charge is 2.50. The Morgan fingerprint density at radius 2 is 1.79 bits per heavy atom. The fraction of sp³-hybridized carbons (Fsp3) is 0.941. The van der Waals surface area contributed by atoms with Gasteiger partial charge in [-0.05, 0) is 46.1 Å². The number of aliphatic imine (C=N–C) groups is 1. The first-order valence-electron chi connectivity index (χ1n) is 10.0. The molecular formula is C17H33F3IN5O2S. The summed E-state index contributed by atoms with van der Waals surface area (Å²) in [7, 11) is -5.24. The quantitative estimate of drug-likeness (QED) is 0.299. The van der Waals surface area contributed by atoms with Crippen LogP contribution in [-0.4, -0.2) is 80.4 Å². The highest BCUT2D eigenvalue weighted by atomic mass is 127. The molecule has 0 amide bonds. The van der Waals surface area contributed by atoms with E-state index in [-0.39, 0.29) is 43.1 Å². The highest BCUT2D eigenvalue weighted by Crippen LogP contribution is 2.28. The fourth-order valence-corrected chi connectivity index (χ4v) is 4.66. The molecule has 0 saturated carbocycles. The zero-order valence-electron chi connectivity index (χ0n) is 17.0. The van der Waals surface area contributed by atoms with Gasteiger partial charge in [0, 0.05) is 38.3 Å². The Balaban J connectivity index is 0.00000420. The summed E-state index contributed by atoms with van der Waals surface area (Å²) in [5.74, 6) is 0.629. The Labute approximate surface area is 188 Å². The third-order valence-corrected chi connectivity index (χ3v) is 7.00. The molecule has 2 aliphatic heterocycles. The first kappa shape index (κ1) is 26.7. The molecule has 0 aromatic rings. The van der Waals surface area contributed by atoms with Crippen LogP contribution in [0.2, 0.25) is 0 Å². The van der Waals surface area contributed by atoms with Gasteiger partial charge in [-0.1, -0.05) is 6.42 Å². The van der Waals surface area contributed by atoms with E-state index in [9.17, 15) is 21.6 Å². The van der Waals surface area contributed by atoms with E-state index in [2.05, 4.69) is 27.4 Å². The van der Waals surface area contributed by atoms with Gasteiger partial charge in [-0.15, -0.1) is 24.0 Å². The van der Waals surface area contributed by atoms with Crippen molar-refractivity contribution in [2.45, 2.75) is 63.5 Å². The third-order valence-electron chi connectivity index (χ3n) is 5.37. The second-order valence-electron chi connectivity index (χ2n) is 7.41. The number of nitrogens with zero attached hydrogens (tertiary/aromatic N) is 3. The van der Waals surface area contributed by atoms with Gasteiger partial charge in [0.2, 0.25) is 0 Å². The van der Waals surface area contributed by atoms with Crippen LogP contribution in [0, 0.1) is 0 Å². The van der Waals surface area contributed by atoms with Gasteiger partial charge >= 0.3 is 15.5 Å². The number of sulfonamides is 1. The minimum atomic E-state index is -5.24. The van der Waals surface area contributed by atoms with Crippen molar-refractivity contribution >= 4 is 40.0 Å². The van der Waals surface area contributed by atoms with Crippen LogP contribution >= 0.6 is 24.0 Å². The van der Waals surface area contributed by atoms with Crippen LogP contribution in [0.3, 0.4) is 0 Å². The van der Waals surface area contributed by atoms with E-state index in [1.165, 1.54) is 19.3 Å². The lowest BCUT2D eigenvalue weighted by atomic mass is 10.0. The molecule has 0 radical (unpaired) electrons. The van der Waals surface area contributed by atoms with Crippen molar-refractivity contribution in [3.8, 4) is 0 Å². The van der Waals surface area contributed by atoms with Crippen molar-refractivity contribution in [3.63, 3.8) is 0 Å². The molecule has 0 aromatic carbocycles. The fourth-order valence-electron chi connectivity index (χ4n) is 3.68. The summed E-state index contributed by atoms with van der Waals surface area (Å²) in [6.45, 7) is 7.16. The Hall–Kier alpha value is -0.340. The van der Waals surface area contributed by atoms with E-state index >= 15 is 0 Å². The number of hydrogen-bond acceptors (Lipinski definition) is 4. The summed E-state index contributed by atoms with van der Waals surface area (Å²) in [6, 6.07) is 0.464. The summed E-state index contributed by atoms with van der Waals surface area (Å²) in [5, 5.41) is 6.39. The molecule has 29 heavy (non-hydrogen) atoms. The Kier molecular flexibility index (Phi) is 10.9. The lowest BCUT2D eigenvalue weighted by Gasteiger charge is -2.33. The molecular weight excluding hydrogens is 522 g/mol. The van der Waals surface area contributed by atoms with Crippen molar-refractivity contribution in [3.05, 3.63) is 0 Å². The molecule has 2 N–H and O–H groups in total. The molecule has 0 bridgehead atoms. The molecule has 1 unspecified atom stereocenters. The molecule has 172 valence electrons. The van der Waals surface area contributed by atoms with Crippen LogP contribution in [0.4, 0.5) is 13.2 Å². The number of guanidine groups is 1. The van der Waals surface area contributed by atoms with Crippen LogP contribution in [0.1, 0.15) is 46.0 Å². The first-order valence-corrected chi connectivity index (χ1v) is 11.4. The smallest absolute Gasteiger partial charge is 0.357 e. The van der Waals surface area contributed by atoms with E-state index in [0.29, 0.717) is 42.2 Å². The van der Waals surface area contributed by atoms with Crippen molar-refractivity contribution in [2.75, 3.05) is 39.3 Å². The van der Waals surface area contributed by atoms with E-state index < -0.39 is 15.5 Å². The third kappa shape index (κ3) is 7.69. The van der Waals surface area contributed by atoms with Gasteiger partial charge in [0.15, 0.2) is 5.96 Å². The molecule has 2 heterocycles. The van der Waals surface area contributed by atoms with Crippen molar-refractivity contribution in [2.24, 2.45) is 4.99 Å². The number of rotatable bonds is 6. The minimum Gasteiger partial charge on any atom is -0.357 e. The maximum atomic E-state index is 12.7. The second kappa shape index (κ2) is 11.9. The monoisotopic (exact) mass is 555 g/mol. The number of halogens is 4. The lowest BCUT2D eigenvalue weighted by Crippen LogP contribution is -2.51. The van der Waals surface area contributed by atoms with Gasteiger partial charge < -0.3 is 10.6 Å². The molecule has 1 atom stereocenters. The Morgan fingerprint density at radius 3 is 2.34 bits per heavy atom. The second-order valence-corrected chi connectivity index (χ2v) is 9.34. The zero-order valence-corrected chi connectivity index (χ0v) is 20.2. The van der Waals surface area contributed by atoms with Gasteiger partial charge in [-0.25, -0.2) is 8.42 Å². The minimum absolute atomic E-state index is 0. The summed E-state index contributed by atoms with van der Waals surface area (Å²) in [6.07, 6.45) is 4.31. The van der Waals surface area contributed by atoms with E-state index in [0.717, 1.165) is 13.1 Å². The van der Waals surface area contributed by atoms with Crippen LogP contribution in [-0.2, 0) is 10.0 Å². The topological polar surface area (TPSA) is 77.0 Å². The molecule has 12 heteroatoms. The van der Waals surface area contributed by atoms with Gasteiger partial charge in [0.05, 0.1) is 6.54 Å². The summed E-state index contributed by atoms with van der Waals surface area (Å²) in [5.41, 5.74) is -5.24. The van der Waals surface area contributed by atoms with Crippen molar-refractivity contribution < 1.29 is 21.6 Å². The van der Waals surface area contributed by atoms with Gasteiger partial charge in [0.25, 0.3) is 0 Å². The highest BCUT2D eigenvalue weighted by molar-refractivity contribution is 14.0. The van der Waals surface area contributed by atoms with E-state index in [1.807, 2.05) is 6.92 Å². The number of likely N-dealkylation sites (tertiary alicyclic amines) is 1. The summed E-state index contributed by atoms with van der Waals surface area (Å²) < 4.78 is 61.5. The van der Waals surface area contributed by atoms with Crippen LogP contribution in [0.25, 0.3) is 0 Å².